The number of hydrogen-bond acceptors (Lipinski definition) is 7. The van der Waals surface area contributed by atoms with E-state index in [-0.39, 0.29) is 35.2 Å². The molecular weight excluding hydrogens is 504 g/mol. The highest BCUT2D eigenvalue weighted by Crippen LogP contribution is 2.35. The number of carbonyl (C=O) groups excluding carboxylic acids is 1. The van der Waals surface area contributed by atoms with Gasteiger partial charge in [0.2, 0.25) is 10.0 Å². The number of aromatic nitrogens is 3. The van der Waals surface area contributed by atoms with Gasteiger partial charge in [0.25, 0.3) is 5.91 Å². The summed E-state index contributed by atoms with van der Waals surface area (Å²) in [6.45, 7) is 1.68. The number of sulfonamides is 1. The first kappa shape index (κ1) is 25.0. The third-order valence-electron chi connectivity index (χ3n) is 5.15. The van der Waals surface area contributed by atoms with Gasteiger partial charge in [0.15, 0.2) is 5.82 Å². The summed E-state index contributed by atoms with van der Waals surface area (Å²) in [6, 6.07) is 17.1. The molecule has 0 aliphatic heterocycles. The Morgan fingerprint density at radius 3 is 2.58 bits per heavy atom. The first-order valence-electron chi connectivity index (χ1n) is 10.8. The molecule has 4 aromatic rings. The minimum atomic E-state index is -3.57. The van der Waals surface area contributed by atoms with Gasteiger partial charge in [0, 0.05) is 16.8 Å². The number of H-pyrrole nitrogens is 1. The lowest BCUT2D eigenvalue weighted by atomic mass is 10.1. The number of primary amides is 1. The zero-order chi connectivity index (χ0) is 25.7. The molecule has 0 spiro atoms. The third-order valence-corrected chi connectivity index (χ3v) is 6.69. The first-order valence-corrected chi connectivity index (χ1v) is 12.9. The van der Waals surface area contributed by atoms with Crippen LogP contribution >= 0.6 is 11.6 Å². The molecule has 0 unspecified atom stereocenters. The van der Waals surface area contributed by atoms with Gasteiger partial charge in [-0.05, 0) is 48.9 Å². The van der Waals surface area contributed by atoms with Crippen LogP contribution < -0.4 is 20.5 Å². The van der Waals surface area contributed by atoms with E-state index in [2.05, 4.69) is 25.2 Å². The summed E-state index contributed by atoms with van der Waals surface area (Å²) < 4.78 is 33.0. The second-order valence-electron chi connectivity index (χ2n) is 7.66. The van der Waals surface area contributed by atoms with Crippen molar-refractivity contribution in [3.8, 4) is 17.0 Å². The molecule has 0 saturated carbocycles. The molecule has 0 saturated heterocycles. The molecule has 2 heterocycles. The van der Waals surface area contributed by atoms with Crippen LogP contribution in [0.15, 0.2) is 66.9 Å². The average Bonchev–Trinajstić information content (AvgIpc) is 3.28. The Morgan fingerprint density at radius 2 is 1.92 bits per heavy atom. The summed E-state index contributed by atoms with van der Waals surface area (Å²) in [5.41, 5.74) is 7.72. The number of nitrogens with zero attached hydrogens (tertiary/aromatic N) is 2. The number of pyridine rings is 1. The topological polar surface area (TPSA) is 152 Å². The van der Waals surface area contributed by atoms with Crippen LogP contribution in [0.25, 0.3) is 11.3 Å². The van der Waals surface area contributed by atoms with Gasteiger partial charge in [0.1, 0.15) is 23.7 Å². The number of benzene rings is 2. The normalized spacial score (nSPS) is 11.2. The number of rotatable bonds is 10. The van der Waals surface area contributed by atoms with E-state index in [1.54, 1.807) is 66.9 Å². The van der Waals surface area contributed by atoms with E-state index >= 15 is 0 Å². The predicted molar refractivity (Wildman–Crippen MR) is 139 cm³/mol. The third kappa shape index (κ3) is 5.93. The fourth-order valence-corrected chi connectivity index (χ4v) is 4.08. The molecule has 0 fully saturated rings. The van der Waals surface area contributed by atoms with Crippen molar-refractivity contribution in [3.05, 3.63) is 83.0 Å². The van der Waals surface area contributed by atoms with Crippen LogP contribution in [0.1, 0.15) is 22.8 Å². The van der Waals surface area contributed by atoms with Crippen molar-refractivity contribution in [2.24, 2.45) is 5.73 Å². The van der Waals surface area contributed by atoms with E-state index in [1.165, 1.54) is 6.92 Å². The highest BCUT2D eigenvalue weighted by molar-refractivity contribution is 7.92. The summed E-state index contributed by atoms with van der Waals surface area (Å²) in [4.78, 5) is 16.5. The summed E-state index contributed by atoms with van der Waals surface area (Å²) in [7, 11) is -3.57. The van der Waals surface area contributed by atoms with Gasteiger partial charge in [-0.1, -0.05) is 35.9 Å². The van der Waals surface area contributed by atoms with Gasteiger partial charge in [-0.25, -0.2) is 13.4 Å². The van der Waals surface area contributed by atoms with Gasteiger partial charge in [-0.15, -0.1) is 0 Å². The molecule has 186 valence electrons. The highest BCUT2D eigenvalue weighted by Gasteiger charge is 2.22. The van der Waals surface area contributed by atoms with Crippen LogP contribution in [0, 0.1) is 0 Å². The molecule has 0 bridgehead atoms. The first-order chi connectivity index (χ1) is 17.3. The van der Waals surface area contributed by atoms with E-state index in [4.69, 9.17) is 22.1 Å². The van der Waals surface area contributed by atoms with E-state index in [0.29, 0.717) is 22.1 Å². The number of ether oxygens (including phenoxy) is 1. The zero-order valence-electron chi connectivity index (χ0n) is 19.2. The number of aromatic amines is 1. The van der Waals surface area contributed by atoms with Crippen molar-refractivity contribution in [2.75, 3.05) is 15.8 Å². The molecule has 2 aromatic carbocycles. The lowest BCUT2D eigenvalue weighted by Crippen LogP contribution is -2.15. The standard InChI is InChI=1S/C24H23ClN6O4S/c1-2-36(33,34)31-18-11-8-16(13-19(18)35-14-15-6-9-17(25)10-7-15)22-21(23(26)32)24(30-29-22)28-20-5-3-4-12-27-20/h3-13,31H,2,14H2,1H3,(H2,26,32)(H2,27,28,29,30). The van der Waals surface area contributed by atoms with Gasteiger partial charge in [0.05, 0.1) is 17.1 Å². The molecule has 2 aromatic heterocycles. The van der Waals surface area contributed by atoms with Crippen LogP contribution in [0.2, 0.25) is 5.02 Å². The van der Waals surface area contributed by atoms with Crippen LogP contribution in [0.5, 0.6) is 5.75 Å². The van der Waals surface area contributed by atoms with Crippen molar-refractivity contribution in [3.63, 3.8) is 0 Å². The summed E-state index contributed by atoms with van der Waals surface area (Å²) in [5.74, 6) is 0.116. The number of halogens is 1. The minimum absolute atomic E-state index is 0.111. The van der Waals surface area contributed by atoms with Crippen LogP contribution in [0.3, 0.4) is 0 Å². The van der Waals surface area contributed by atoms with Gasteiger partial charge in [-0.3, -0.25) is 14.6 Å². The predicted octanol–water partition coefficient (Wildman–Crippen LogP) is 4.31. The molecule has 0 radical (unpaired) electrons. The average molecular weight is 527 g/mol. The van der Waals surface area contributed by atoms with Gasteiger partial charge < -0.3 is 15.8 Å². The number of nitrogens with one attached hydrogen (secondary N) is 3. The monoisotopic (exact) mass is 526 g/mol. The van der Waals surface area contributed by atoms with E-state index in [0.717, 1.165) is 5.56 Å². The number of carbonyl (C=O) groups is 1. The van der Waals surface area contributed by atoms with Gasteiger partial charge in [-0.2, -0.15) is 5.10 Å². The fourth-order valence-electron chi connectivity index (χ4n) is 3.30. The van der Waals surface area contributed by atoms with Crippen LogP contribution in [-0.4, -0.2) is 35.3 Å². The Morgan fingerprint density at radius 1 is 1.14 bits per heavy atom. The summed E-state index contributed by atoms with van der Waals surface area (Å²) in [6.07, 6.45) is 1.60. The van der Waals surface area contributed by atoms with Crippen molar-refractivity contribution >= 4 is 44.9 Å². The molecule has 5 N–H and O–H groups in total. The molecule has 36 heavy (non-hydrogen) atoms. The number of nitrogens with two attached hydrogens (primary N) is 1. The van der Waals surface area contributed by atoms with Crippen molar-refractivity contribution < 1.29 is 17.9 Å². The van der Waals surface area contributed by atoms with Crippen molar-refractivity contribution in [1.82, 2.24) is 15.2 Å². The van der Waals surface area contributed by atoms with Crippen LogP contribution in [0.4, 0.5) is 17.3 Å². The highest BCUT2D eigenvalue weighted by atomic mass is 35.5. The Kier molecular flexibility index (Phi) is 7.41. The number of amides is 1. The lowest BCUT2D eigenvalue weighted by Gasteiger charge is -2.15. The fraction of sp³-hybridized carbons (Fsp3) is 0.125. The summed E-state index contributed by atoms with van der Waals surface area (Å²) in [5, 5.41) is 10.6. The van der Waals surface area contributed by atoms with E-state index in [1.807, 2.05) is 0 Å². The molecule has 10 nitrogen and oxygen atoms in total. The quantitative estimate of drug-likeness (QED) is 0.240. The maximum absolute atomic E-state index is 12.4. The van der Waals surface area contributed by atoms with E-state index < -0.39 is 15.9 Å². The zero-order valence-corrected chi connectivity index (χ0v) is 20.7. The van der Waals surface area contributed by atoms with Crippen molar-refractivity contribution in [1.29, 1.82) is 0 Å². The Hall–Kier alpha value is -4.09. The molecule has 0 aliphatic rings. The maximum Gasteiger partial charge on any atom is 0.254 e. The summed E-state index contributed by atoms with van der Waals surface area (Å²) >= 11 is 5.95. The second-order valence-corrected chi connectivity index (χ2v) is 10.1. The molecule has 1 amide bonds. The van der Waals surface area contributed by atoms with E-state index in [9.17, 15) is 13.2 Å². The smallest absolute Gasteiger partial charge is 0.254 e. The Bertz CT molecular complexity index is 1470. The maximum atomic E-state index is 12.4. The number of anilines is 3. The van der Waals surface area contributed by atoms with Gasteiger partial charge >= 0.3 is 0 Å². The molecule has 4 rings (SSSR count). The SMILES string of the molecule is CCS(=O)(=O)Nc1ccc(-c2[nH]nc(Nc3ccccn3)c2C(N)=O)cc1OCc1ccc(Cl)cc1. The van der Waals surface area contributed by atoms with Crippen LogP contribution in [-0.2, 0) is 16.6 Å². The molecule has 12 heteroatoms. The van der Waals surface area contributed by atoms with Crippen molar-refractivity contribution in [2.45, 2.75) is 13.5 Å². The Labute approximate surface area is 212 Å². The largest absolute Gasteiger partial charge is 0.487 e. The molecule has 0 atom stereocenters. The minimum Gasteiger partial charge on any atom is -0.487 e. The molecule has 0 aliphatic carbocycles. The lowest BCUT2D eigenvalue weighted by molar-refractivity contribution is 0.100. The number of hydrogen-bond donors (Lipinski definition) is 4. The second kappa shape index (κ2) is 10.7. The Balaban J connectivity index is 1.71. The molecular formula is C24H23ClN6O4S.